The van der Waals surface area contributed by atoms with Crippen molar-refractivity contribution in [3.63, 3.8) is 0 Å². The monoisotopic (exact) mass is 342 g/mol. The molecule has 6 heteroatoms. The third-order valence-electron chi connectivity index (χ3n) is 4.38. The lowest BCUT2D eigenvalue weighted by Crippen LogP contribution is -2.29. The number of amides is 2. The Bertz CT molecular complexity index is 794. The first-order valence-electron chi connectivity index (χ1n) is 8.07. The van der Waals surface area contributed by atoms with Gasteiger partial charge in [0, 0.05) is 19.0 Å². The third-order valence-corrected chi connectivity index (χ3v) is 4.38. The van der Waals surface area contributed by atoms with Gasteiger partial charge in [0.1, 0.15) is 5.82 Å². The molecule has 1 fully saturated rings. The summed E-state index contributed by atoms with van der Waals surface area (Å²) in [7, 11) is 1.27. The highest BCUT2D eigenvalue weighted by molar-refractivity contribution is 6.02. The second-order valence-corrected chi connectivity index (χ2v) is 5.95. The summed E-state index contributed by atoms with van der Waals surface area (Å²) in [6.07, 6.45) is 0.154. The number of para-hydroxylation sites is 1. The molecule has 0 bridgehead atoms. The van der Waals surface area contributed by atoms with E-state index in [-0.39, 0.29) is 17.6 Å². The van der Waals surface area contributed by atoms with Crippen molar-refractivity contribution in [1.82, 2.24) is 4.90 Å². The average Bonchev–Trinajstić information content (AvgIpc) is 3.11. The maximum atomic E-state index is 13.4. The number of nitrogens with zero attached hydrogens (tertiary/aromatic N) is 1. The van der Waals surface area contributed by atoms with Crippen LogP contribution in [-0.2, 0) is 4.74 Å². The van der Waals surface area contributed by atoms with Crippen molar-refractivity contribution in [2.45, 2.75) is 12.3 Å². The zero-order valence-electron chi connectivity index (χ0n) is 13.9. The molecular formula is C19H19FN2O3. The maximum Gasteiger partial charge on any atom is 0.411 e. The number of methoxy groups -OCH3 is 1. The molecule has 0 saturated carbocycles. The maximum absolute atomic E-state index is 13.4. The van der Waals surface area contributed by atoms with Gasteiger partial charge in [0.25, 0.3) is 5.91 Å². The smallest absolute Gasteiger partial charge is 0.411 e. The Morgan fingerprint density at radius 1 is 1.20 bits per heavy atom. The van der Waals surface area contributed by atoms with E-state index in [1.807, 2.05) is 6.07 Å². The SMILES string of the molecule is COC(=O)Nc1ccccc1C(=O)N1CC[C@H](c2cccc(F)c2)C1. The summed E-state index contributed by atoms with van der Waals surface area (Å²) in [6, 6.07) is 13.3. The van der Waals surface area contributed by atoms with Crippen molar-refractivity contribution >= 4 is 17.7 Å². The first kappa shape index (κ1) is 17.0. The van der Waals surface area contributed by atoms with Gasteiger partial charge in [-0.05, 0) is 36.2 Å². The van der Waals surface area contributed by atoms with E-state index in [1.165, 1.54) is 19.2 Å². The van der Waals surface area contributed by atoms with Crippen LogP contribution in [0.25, 0.3) is 0 Å². The van der Waals surface area contributed by atoms with Gasteiger partial charge in [0.05, 0.1) is 18.4 Å². The number of halogens is 1. The Kier molecular flexibility index (Phi) is 4.97. The largest absolute Gasteiger partial charge is 0.453 e. The van der Waals surface area contributed by atoms with Gasteiger partial charge >= 0.3 is 6.09 Å². The molecule has 0 aromatic heterocycles. The Morgan fingerprint density at radius 2 is 2.00 bits per heavy atom. The molecule has 1 aliphatic rings. The van der Waals surface area contributed by atoms with E-state index in [1.54, 1.807) is 35.2 Å². The lowest BCUT2D eigenvalue weighted by atomic mass is 9.98. The first-order chi connectivity index (χ1) is 12.1. The van der Waals surface area contributed by atoms with Gasteiger partial charge in [-0.25, -0.2) is 9.18 Å². The molecule has 130 valence electrons. The van der Waals surface area contributed by atoms with E-state index >= 15 is 0 Å². The number of hydrogen-bond acceptors (Lipinski definition) is 3. The van der Waals surface area contributed by atoms with Gasteiger partial charge in [-0.1, -0.05) is 24.3 Å². The highest BCUT2D eigenvalue weighted by atomic mass is 19.1. The molecule has 1 heterocycles. The fourth-order valence-corrected chi connectivity index (χ4v) is 3.09. The Labute approximate surface area is 145 Å². The molecule has 3 rings (SSSR count). The zero-order valence-corrected chi connectivity index (χ0v) is 13.9. The number of hydrogen-bond donors (Lipinski definition) is 1. The molecule has 0 aliphatic carbocycles. The van der Waals surface area contributed by atoms with Gasteiger partial charge in [-0.2, -0.15) is 0 Å². The van der Waals surface area contributed by atoms with Crippen molar-refractivity contribution in [3.8, 4) is 0 Å². The van der Waals surface area contributed by atoms with Crippen LogP contribution in [-0.4, -0.2) is 37.1 Å². The lowest BCUT2D eigenvalue weighted by molar-refractivity contribution is 0.0792. The quantitative estimate of drug-likeness (QED) is 0.926. The molecule has 0 spiro atoms. The highest BCUT2D eigenvalue weighted by Crippen LogP contribution is 2.29. The number of anilines is 1. The van der Waals surface area contributed by atoms with Crippen LogP contribution in [0.2, 0.25) is 0 Å². The molecule has 2 aromatic rings. The predicted octanol–water partition coefficient (Wildman–Crippen LogP) is 3.63. The van der Waals surface area contributed by atoms with E-state index in [2.05, 4.69) is 10.1 Å². The van der Waals surface area contributed by atoms with Crippen molar-refractivity contribution in [2.24, 2.45) is 0 Å². The second kappa shape index (κ2) is 7.34. The van der Waals surface area contributed by atoms with Gasteiger partial charge < -0.3 is 9.64 Å². The van der Waals surface area contributed by atoms with E-state index < -0.39 is 6.09 Å². The summed E-state index contributed by atoms with van der Waals surface area (Å²) < 4.78 is 18.0. The fraction of sp³-hybridized carbons (Fsp3) is 0.263. The van der Waals surface area contributed by atoms with Crippen LogP contribution in [0.3, 0.4) is 0 Å². The fourth-order valence-electron chi connectivity index (χ4n) is 3.09. The van der Waals surface area contributed by atoms with Crippen LogP contribution in [0.4, 0.5) is 14.9 Å². The number of ether oxygens (including phenoxy) is 1. The minimum absolute atomic E-state index is 0.111. The van der Waals surface area contributed by atoms with E-state index in [4.69, 9.17) is 0 Å². The van der Waals surface area contributed by atoms with Crippen LogP contribution >= 0.6 is 0 Å². The number of likely N-dealkylation sites (tertiary alicyclic amines) is 1. The van der Waals surface area contributed by atoms with E-state index in [0.29, 0.717) is 24.3 Å². The van der Waals surface area contributed by atoms with E-state index in [9.17, 15) is 14.0 Å². The van der Waals surface area contributed by atoms with Crippen molar-refractivity contribution in [3.05, 3.63) is 65.5 Å². The number of carbonyl (C=O) groups excluding carboxylic acids is 2. The average molecular weight is 342 g/mol. The van der Waals surface area contributed by atoms with Gasteiger partial charge in [0.2, 0.25) is 0 Å². The lowest BCUT2D eigenvalue weighted by Gasteiger charge is -2.19. The van der Waals surface area contributed by atoms with Crippen molar-refractivity contribution in [2.75, 3.05) is 25.5 Å². The predicted molar refractivity (Wildman–Crippen MR) is 92.1 cm³/mol. The molecule has 1 N–H and O–H groups in total. The molecule has 2 amide bonds. The Morgan fingerprint density at radius 3 is 2.76 bits per heavy atom. The minimum atomic E-state index is -0.626. The molecule has 1 aliphatic heterocycles. The zero-order chi connectivity index (χ0) is 17.8. The summed E-state index contributed by atoms with van der Waals surface area (Å²) in [4.78, 5) is 26.0. The summed E-state index contributed by atoms with van der Waals surface area (Å²) in [6.45, 7) is 1.11. The number of carbonyl (C=O) groups is 2. The van der Waals surface area contributed by atoms with Gasteiger partial charge in [0.15, 0.2) is 0 Å². The van der Waals surface area contributed by atoms with Crippen LogP contribution < -0.4 is 5.32 Å². The number of benzene rings is 2. The third kappa shape index (κ3) is 3.79. The first-order valence-corrected chi connectivity index (χ1v) is 8.07. The molecule has 0 radical (unpaired) electrons. The summed E-state index contributed by atoms with van der Waals surface area (Å²) in [5, 5.41) is 2.56. The minimum Gasteiger partial charge on any atom is -0.453 e. The Balaban J connectivity index is 1.75. The van der Waals surface area contributed by atoms with Crippen molar-refractivity contribution < 1.29 is 18.7 Å². The highest BCUT2D eigenvalue weighted by Gasteiger charge is 2.29. The number of rotatable bonds is 3. The second-order valence-electron chi connectivity index (χ2n) is 5.95. The Hall–Kier alpha value is -2.89. The molecule has 2 aromatic carbocycles. The van der Waals surface area contributed by atoms with Crippen LogP contribution in [0.15, 0.2) is 48.5 Å². The van der Waals surface area contributed by atoms with Crippen LogP contribution in [0.1, 0.15) is 28.3 Å². The normalized spacial score (nSPS) is 16.6. The number of nitrogens with one attached hydrogen (secondary N) is 1. The summed E-state index contributed by atoms with van der Waals surface area (Å²) in [5.74, 6) is -0.318. The molecule has 5 nitrogen and oxygen atoms in total. The molecule has 0 unspecified atom stereocenters. The van der Waals surface area contributed by atoms with Gasteiger partial charge in [-0.15, -0.1) is 0 Å². The summed E-state index contributed by atoms with van der Waals surface area (Å²) >= 11 is 0. The molecule has 25 heavy (non-hydrogen) atoms. The van der Waals surface area contributed by atoms with Gasteiger partial charge in [-0.3, -0.25) is 10.1 Å². The summed E-state index contributed by atoms with van der Waals surface area (Å²) in [5.41, 5.74) is 1.72. The van der Waals surface area contributed by atoms with E-state index in [0.717, 1.165) is 12.0 Å². The molecular weight excluding hydrogens is 323 g/mol. The van der Waals surface area contributed by atoms with Crippen molar-refractivity contribution in [1.29, 1.82) is 0 Å². The topological polar surface area (TPSA) is 58.6 Å². The van der Waals surface area contributed by atoms with Crippen LogP contribution in [0, 0.1) is 5.82 Å². The van der Waals surface area contributed by atoms with Crippen LogP contribution in [0.5, 0.6) is 0 Å². The molecule has 1 atom stereocenters. The molecule has 1 saturated heterocycles. The standard InChI is InChI=1S/C19H19FN2O3/c1-25-19(24)21-17-8-3-2-7-16(17)18(23)22-10-9-14(12-22)13-5-4-6-15(20)11-13/h2-8,11,14H,9-10,12H2,1H3,(H,21,24)/t14-/m0/s1.